The molecular formula is C27H23BrFNO5S. The zero-order valence-electron chi connectivity index (χ0n) is 19.4. The maximum Gasteiger partial charge on any atom is 0.293 e. The molecule has 1 aliphatic heterocycles. The molecule has 36 heavy (non-hydrogen) atoms. The summed E-state index contributed by atoms with van der Waals surface area (Å²) in [5, 5.41) is -0.377. The molecule has 0 aromatic heterocycles. The van der Waals surface area contributed by atoms with E-state index in [9.17, 15) is 14.0 Å². The highest BCUT2D eigenvalue weighted by Gasteiger charge is 2.35. The minimum Gasteiger partial charge on any atom is -0.492 e. The van der Waals surface area contributed by atoms with E-state index >= 15 is 0 Å². The van der Waals surface area contributed by atoms with Gasteiger partial charge in [-0.05, 0) is 72.3 Å². The Kier molecular flexibility index (Phi) is 8.66. The number of amides is 2. The third kappa shape index (κ3) is 6.47. The Morgan fingerprint density at radius 1 is 0.972 bits per heavy atom. The first-order valence-electron chi connectivity index (χ1n) is 11.2. The van der Waals surface area contributed by atoms with Crippen molar-refractivity contribution in [2.75, 3.05) is 19.8 Å². The summed E-state index contributed by atoms with van der Waals surface area (Å²) in [7, 11) is 0. The summed E-state index contributed by atoms with van der Waals surface area (Å²) in [6.07, 6.45) is 1.65. The van der Waals surface area contributed by atoms with Crippen LogP contribution in [0.1, 0.15) is 18.1 Å². The van der Waals surface area contributed by atoms with Gasteiger partial charge in [0.1, 0.15) is 24.8 Å². The standard InChI is InChI=1S/C27H23BrFNO5S/c1-2-33-23-14-19(22(28)16-24(23)35-17-18-6-4-3-5-7-18)15-25-26(31)30(27(32)36-25)12-13-34-21-10-8-20(29)9-11-21/h3-11,14-16H,2,12-13,17H2,1H3/b25-15-. The molecule has 2 amide bonds. The number of thioether (sulfide) groups is 1. The Labute approximate surface area is 221 Å². The fraction of sp³-hybridized carbons (Fsp3) is 0.185. The van der Waals surface area contributed by atoms with E-state index in [-0.39, 0.29) is 24.2 Å². The monoisotopic (exact) mass is 571 g/mol. The summed E-state index contributed by atoms with van der Waals surface area (Å²) in [5.74, 6) is 0.793. The van der Waals surface area contributed by atoms with Crippen LogP contribution in [0.2, 0.25) is 0 Å². The van der Waals surface area contributed by atoms with Crippen molar-refractivity contribution in [2.45, 2.75) is 13.5 Å². The van der Waals surface area contributed by atoms with Gasteiger partial charge in [0.25, 0.3) is 11.1 Å². The van der Waals surface area contributed by atoms with Crippen molar-refractivity contribution in [2.24, 2.45) is 0 Å². The van der Waals surface area contributed by atoms with Gasteiger partial charge in [0.2, 0.25) is 0 Å². The van der Waals surface area contributed by atoms with Crippen molar-refractivity contribution in [1.29, 1.82) is 0 Å². The van der Waals surface area contributed by atoms with Crippen LogP contribution in [-0.2, 0) is 11.4 Å². The molecule has 3 aromatic rings. The predicted octanol–water partition coefficient (Wildman–Crippen LogP) is 6.68. The van der Waals surface area contributed by atoms with Crippen LogP contribution in [0.15, 0.2) is 76.1 Å². The maximum absolute atomic E-state index is 13.0. The number of nitrogens with zero attached hydrogens (tertiary/aromatic N) is 1. The number of imide groups is 1. The van der Waals surface area contributed by atoms with Crippen LogP contribution >= 0.6 is 27.7 Å². The van der Waals surface area contributed by atoms with Crippen LogP contribution in [0.25, 0.3) is 6.08 Å². The van der Waals surface area contributed by atoms with Gasteiger partial charge in [-0.2, -0.15) is 0 Å². The number of carbonyl (C=O) groups excluding carboxylic acids is 2. The molecule has 4 rings (SSSR count). The molecule has 9 heteroatoms. The minimum atomic E-state index is -0.401. The highest BCUT2D eigenvalue weighted by molar-refractivity contribution is 9.10. The van der Waals surface area contributed by atoms with Crippen LogP contribution in [0.4, 0.5) is 9.18 Å². The van der Waals surface area contributed by atoms with E-state index in [1.807, 2.05) is 37.3 Å². The number of benzene rings is 3. The Morgan fingerprint density at radius 3 is 2.42 bits per heavy atom. The molecule has 1 fully saturated rings. The lowest BCUT2D eigenvalue weighted by atomic mass is 10.1. The average Bonchev–Trinajstić information content (AvgIpc) is 3.14. The predicted molar refractivity (Wildman–Crippen MR) is 141 cm³/mol. The molecule has 1 aliphatic rings. The van der Waals surface area contributed by atoms with Crippen LogP contribution in [0.5, 0.6) is 17.2 Å². The van der Waals surface area contributed by atoms with Crippen LogP contribution in [0, 0.1) is 5.82 Å². The van der Waals surface area contributed by atoms with Gasteiger partial charge in [0.15, 0.2) is 11.5 Å². The first-order chi connectivity index (χ1) is 17.4. The Morgan fingerprint density at radius 2 is 1.69 bits per heavy atom. The number of hydrogen-bond donors (Lipinski definition) is 0. The lowest BCUT2D eigenvalue weighted by molar-refractivity contribution is -0.123. The summed E-state index contributed by atoms with van der Waals surface area (Å²) < 4.78 is 31.0. The van der Waals surface area contributed by atoms with Gasteiger partial charge < -0.3 is 14.2 Å². The van der Waals surface area contributed by atoms with Gasteiger partial charge >= 0.3 is 0 Å². The number of ether oxygens (including phenoxy) is 3. The summed E-state index contributed by atoms with van der Waals surface area (Å²) in [4.78, 5) is 26.8. The fourth-order valence-corrected chi connectivity index (χ4v) is 4.69. The Hall–Kier alpha value is -3.30. The summed E-state index contributed by atoms with van der Waals surface area (Å²) in [6.45, 7) is 2.88. The Balaban J connectivity index is 1.45. The molecule has 186 valence electrons. The first kappa shape index (κ1) is 25.8. The van der Waals surface area contributed by atoms with E-state index in [2.05, 4.69) is 15.9 Å². The molecule has 0 unspecified atom stereocenters. The molecule has 1 heterocycles. The molecule has 6 nitrogen and oxygen atoms in total. The second kappa shape index (κ2) is 12.1. The van der Waals surface area contributed by atoms with Crippen molar-refractivity contribution >= 4 is 44.9 Å². The zero-order chi connectivity index (χ0) is 25.5. The van der Waals surface area contributed by atoms with E-state index in [4.69, 9.17) is 14.2 Å². The summed E-state index contributed by atoms with van der Waals surface area (Å²) in [6, 6.07) is 18.9. The molecule has 0 N–H and O–H groups in total. The number of hydrogen-bond acceptors (Lipinski definition) is 6. The maximum atomic E-state index is 13.0. The summed E-state index contributed by atoms with van der Waals surface area (Å²) >= 11 is 4.41. The van der Waals surface area contributed by atoms with E-state index in [0.29, 0.717) is 45.4 Å². The van der Waals surface area contributed by atoms with Gasteiger partial charge in [0, 0.05) is 4.47 Å². The van der Waals surface area contributed by atoms with Crippen molar-refractivity contribution < 1.29 is 28.2 Å². The molecule has 0 spiro atoms. The second-order valence-electron chi connectivity index (χ2n) is 7.66. The van der Waals surface area contributed by atoms with Crippen LogP contribution in [0.3, 0.4) is 0 Å². The third-order valence-corrected chi connectivity index (χ3v) is 6.75. The smallest absolute Gasteiger partial charge is 0.293 e. The molecule has 0 saturated carbocycles. The van der Waals surface area contributed by atoms with Gasteiger partial charge in [-0.1, -0.05) is 46.3 Å². The SMILES string of the molecule is CCOc1cc(/C=C2\SC(=O)N(CCOc3ccc(F)cc3)C2=O)c(Br)cc1OCc1ccccc1. The van der Waals surface area contributed by atoms with Gasteiger partial charge in [-0.15, -0.1) is 0 Å². The molecule has 1 saturated heterocycles. The normalized spacial score (nSPS) is 14.4. The van der Waals surface area contributed by atoms with Crippen molar-refractivity contribution in [3.63, 3.8) is 0 Å². The summed E-state index contributed by atoms with van der Waals surface area (Å²) in [5.41, 5.74) is 1.70. The van der Waals surface area contributed by atoms with Crippen molar-refractivity contribution in [3.8, 4) is 17.2 Å². The lowest BCUT2D eigenvalue weighted by Gasteiger charge is -2.14. The van der Waals surface area contributed by atoms with E-state index in [1.165, 1.54) is 24.3 Å². The quantitative estimate of drug-likeness (QED) is 0.253. The van der Waals surface area contributed by atoms with Gasteiger partial charge in [-0.25, -0.2) is 4.39 Å². The fourth-order valence-electron chi connectivity index (χ4n) is 3.40. The molecule has 0 aliphatic carbocycles. The molecular weight excluding hydrogens is 549 g/mol. The number of halogens is 2. The van der Waals surface area contributed by atoms with Crippen molar-refractivity contribution in [1.82, 2.24) is 4.90 Å². The molecule has 3 aromatic carbocycles. The van der Waals surface area contributed by atoms with Gasteiger partial charge in [0.05, 0.1) is 18.1 Å². The van der Waals surface area contributed by atoms with E-state index in [0.717, 1.165) is 22.2 Å². The zero-order valence-corrected chi connectivity index (χ0v) is 21.8. The van der Waals surface area contributed by atoms with Crippen LogP contribution < -0.4 is 14.2 Å². The third-order valence-electron chi connectivity index (χ3n) is 5.16. The molecule has 0 atom stereocenters. The van der Waals surface area contributed by atoms with Crippen LogP contribution in [-0.4, -0.2) is 35.8 Å². The topological polar surface area (TPSA) is 65.1 Å². The number of rotatable bonds is 10. The molecule has 0 radical (unpaired) electrons. The highest BCUT2D eigenvalue weighted by atomic mass is 79.9. The van der Waals surface area contributed by atoms with E-state index < -0.39 is 5.91 Å². The number of carbonyl (C=O) groups is 2. The second-order valence-corrected chi connectivity index (χ2v) is 9.51. The average molecular weight is 572 g/mol. The Bertz CT molecular complexity index is 1270. The largest absolute Gasteiger partial charge is 0.492 e. The minimum absolute atomic E-state index is 0.0804. The molecule has 0 bridgehead atoms. The highest BCUT2D eigenvalue weighted by Crippen LogP contribution is 2.38. The lowest BCUT2D eigenvalue weighted by Crippen LogP contribution is -2.32. The van der Waals surface area contributed by atoms with Gasteiger partial charge in [-0.3, -0.25) is 14.5 Å². The van der Waals surface area contributed by atoms with E-state index in [1.54, 1.807) is 18.2 Å². The van der Waals surface area contributed by atoms with Crippen molar-refractivity contribution in [3.05, 3.63) is 93.1 Å². The first-order valence-corrected chi connectivity index (χ1v) is 12.8.